The minimum atomic E-state index is -1.22. The first kappa shape index (κ1) is 23.2. The zero-order chi connectivity index (χ0) is 24.1. The molecule has 3 amide bonds. The van der Waals surface area contributed by atoms with E-state index in [1.54, 1.807) is 37.8 Å². The average Bonchev–Trinajstić information content (AvgIpc) is 3.45. The van der Waals surface area contributed by atoms with Crippen LogP contribution in [-0.4, -0.2) is 57.8 Å². The Morgan fingerprint density at radius 3 is 2.62 bits per heavy atom. The Morgan fingerprint density at radius 2 is 1.91 bits per heavy atom. The van der Waals surface area contributed by atoms with Crippen molar-refractivity contribution in [2.45, 2.75) is 31.3 Å². The molecule has 8 nitrogen and oxygen atoms in total. The van der Waals surface area contributed by atoms with Crippen LogP contribution in [0.5, 0.6) is 5.75 Å². The Balaban J connectivity index is 1.55. The number of benzene rings is 2. The van der Waals surface area contributed by atoms with E-state index in [1.165, 1.54) is 4.90 Å². The number of methoxy groups -OCH3 is 1. The van der Waals surface area contributed by atoms with E-state index in [2.05, 4.69) is 4.98 Å². The van der Waals surface area contributed by atoms with Crippen molar-refractivity contribution >= 4 is 17.7 Å². The highest BCUT2D eigenvalue weighted by Gasteiger charge is 2.53. The second-order valence-electron chi connectivity index (χ2n) is 8.55. The van der Waals surface area contributed by atoms with Crippen molar-refractivity contribution in [2.75, 3.05) is 20.7 Å². The van der Waals surface area contributed by atoms with E-state index in [-0.39, 0.29) is 37.1 Å². The summed E-state index contributed by atoms with van der Waals surface area (Å²) in [5.41, 5.74) is 0.383. The lowest BCUT2D eigenvalue weighted by Gasteiger charge is -2.29. The predicted molar refractivity (Wildman–Crippen MR) is 126 cm³/mol. The molecule has 1 atom stereocenters. The number of nitrogens with zero attached hydrogens (tertiary/aromatic N) is 4. The molecule has 34 heavy (non-hydrogen) atoms. The number of imide groups is 1. The van der Waals surface area contributed by atoms with Gasteiger partial charge in [-0.25, -0.2) is 4.98 Å². The van der Waals surface area contributed by atoms with Gasteiger partial charge in [-0.15, -0.1) is 0 Å². The van der Waals surface area contributed by atoms with Gasteiger partial charge in [-0.05, 0) is 23.3 Å². The molecule has 1 saturated heterocycles. The maximum Gasteiger partial charge on any atom is 0.240 e. The van der Waals surface area contributed by atoms with Gasteiger partial charge >= 0.3 is 0 Å². The molecule has 1 aliphatic heterocycles. The first-order valence-electron chi connectivity index (χ1n) is 11.2. The van der Waals surface area contributed by atoms with Gasteiger partial charge in [0.25, 0.3) is 0 Å². The van der Waals surface area contributed by atoms with Gasteiger partial charge in [-0.3, -0.25) is 19.3 Å². The van der Waals surface area contributed by atoms with Crippen LogP contribution in [0.1, 0.15) is 24.0 Å². The van der Waals surface area contributed by atoms with Crippen molar-refractivity contribution in [1.82, 2.24) is 19.4 Å². The van der Waals surface area contributed by atoms with Crippen LogP contribution in [0.15, 0.2) is 73.3 Å². The fraction of sp³-hybridized carbons (Fsp3) is 0.308. The lowest BCUT2D eigenvalue weighted by atomic mass is 9.75. The highest BCUT2D eigenvalue weighted by Crippen LogP contribution is 2.40. The lowest BCUT2D eigenvalue weighted by Crippen LogP contribution is -2.43. The SMILES string of the molecule is COc1cccc(CN(C)C(=O)C[C@]2(c3ccccc3)CC(=O)N(CCn3ccnc3)C2=O)c1. The number of carbonyl (C=O) groups excluding carboxylic acids is 3. The molecule has 0 unspecified atom stereocenters. The van der Waals surface area contributed by atoms with E-state index in [4.69, 9.17) is 4.74 Å². The fourth-order valence-electron chi connectivity index (χ4n) is 4.41. The third kappa shape index (κ3) is 4.71. The molecule has 176 valence electrons. The summed E-state index contributed by atoms with van der Waals surface area (Å²) in [6.45, 7) is 1.05. The van der Waals surface area contributed by atoms with Crippen molar-refractivity contribution in [3.05, 3.63) is 84.4 Å². The summed E-state index contributed by atoms with van der Waals surface area (Å²) in [4.78, 5) is 46.9. The highest BCUT2D eigenvalue weighted by molar-refractivity contribution is 6.10. The van der Waals surface area contributed by atoms with Crippen molar-refractivity contribution in [1.29, 1.82) is 0 Å². The summed E-state index contributed by atoms with van der Waals surface area (Å²) in [6, 6.07) is 16.7. The Hall–Kier alpha value is -3.94. The molecule has 2 heterocycles. The van der Waals surface area contributed by atoms with Crippen LogP contribution in [-0.2, 0) is 32.9 Å². The maximum atomic E-state index is 13.7. The minimum absolute atomic E-state index is 0.0293. The number of aromatic nitrogens is 2. The lowest BCUT2D eigenvalue weighted by molar-refractivity contribution is -0.142. The number of hydrogen-bond acceptors (Lipinski definition) is 5. The predicted octanol–water partition coefficient (Wildman–Crippen LogP) is 2.64. The summed E-state index contributed by atoms with van der Waals surface area (Å²) in [6.07, 6.45) is 4.97. The Bertz CT molecular complexity index is 1160. The van der Waals surface area contributed by atoms with E-state index in [9.17, 15) is 14.4 Å². The highest BCUT2D eigenvalue weighted by atomic mass is 16.5. The van der Waals surface area contributed by atoms with Gasteiger partial charge in [0.2, 0.25) is 17.7 Å². The number of carbonyl (C=O) groups is 3. The van der Waals surface area contributed by atoms with Gasteiger partial charge < -0.3 is 14.2 Å². The summed E-state index contributed by atoms with van der Waals surface area (Å²) in [5, 5.41) is 0. The molecule has 0 aliphatic carbocycles. The molecular formula is C26H28N4O4. The van der Waals surface area contributed by atoms with Gasteiger partial charge in [0.1, 0.15) is 5.75 Å². The molecule has 3 aromatic rings. The van der Waals surface area contributed by atoms with Crippen molar-refractivity contribution in [3.63, 3.8) is 0 Å². The van der Waals surface area contributed by atoms with Gasteiger partial charge in [0.05, 0.1) is 18.9 Å². The van der Waals surface area contributed by atoms with E-state index in [1.807, 2.05) is 59.2 Å². The normalized spacial score (nSPS) is 17.8. The topological polar surface area (TPSA) is 84.7 Å². The Labute approximate surface area is 198 Å². The van der Waals surface area contributed by atoms with Crippen molar-refractivity contribution in [3.8, 4) is 5.75 Å². The quantitative estimate of drug-likeness (QED) is 0.459. The average molecular weight is 461 g/mol. The van der Waals surface area contributed by atoms with Crippen LogP contribution in [0.4, 0.5) is 0 Å². The number of rotatable bonds is 9. The first-order valence-corrected chi connectivity index (χ1v) is 11.2. The Morgan fingerprint density at radius 1 is 1.12 bits per heavy atom. The van der Waals surface area contributed by atoms with E-state index < -0.39 is 5.41 Å². The zero-order valence-electron chi connectivity index (χ0n) is 19.4. The van der Waals surface area contributed by atoms with Crippen molar-refractivity contribution < 1.29 is 19.1 Å². The van der Waals surface area contributed by atoms with E-state index in [0.29, 0.717) is 24.4 Å². The molecule has 4 rings (SSSR count). The molecular weight excluding hydrogens is 432 g/mol. The van der Waals surface area contributed by atoms with Crippen LogP contribution in [0, 0.1) is 0 Å². The first-order chi connectivity index (χ1) is 16.4. The van der Waals surface area contributed by atoms with Crippen LogP contribution < -0.4 is 4.74 Å². The van der Waals surface area contributed by atoms with Crippen LogP contribution in [0.3, 0.4) is 0 Å². The smallest absolute Gasteiger partial charge is 0.240 e. The number of imidazole rings is 1. The number of likely N-dealkylation sites (tertiary alicyclic amines) is 1. The van der Waals surface area contributed by atoms with E-state index >= 15 is 0 Å². The van der Waals surface area contributed by atoms with Gasteiger partial charge in [-0.2, -0.15) is 0 Å². The zero-order valence-corrected chi connectivity index (χ0v) is 19.4. The van der Waals surface area contributed by atoms with Gasteiger partial charge in [-0.1, -0.05) is 42.5 Å². The largest absolute Gasteiger partial charge is 0.497 e. The van der Waals surface area contributed by atoms with Gasteiger partial charge in [0, 0.05) is 51.9 Å². The molecule has 1 aromatic heterocycles. The molecule has 1 aliphatic rings. The molecule has 1 fully saturated rings. The molecule has 0 saturated carbocycles. The molecule has 0 N–H and O–H groups in total. The summed E-state index contributed by atoms with van der Waals surface area (Å²) in [7, 11) is 3.30. The molecule has 0 bridgehead atoms. The maximum absolute atomic E-state index is 13.7. The molecule has 2 aromatic carbocycles. The second-order valence-corrected chi connectivity index (χ2v) is 8.55. The van der Waals surface area contributed by atoms with Crippen LogP contribution in [0.25, 0.3) is 0 Å². The standard InChI is InChI=1S/C26H28N4O4/c1-28(18-20-7-6-10-22(15-20)34-2)23(31)16-26(21-8-4-3-5-9-21)17-24(32)30(25(26)33)14-13-29-12-11-27-19-29/h3-12,15,19H,13-14,16-18H2,1-2H3/t26-/m1/s1. The monoisotopic (exact) mass is 460 g/mol. The molecule has 8 heteroatoms. The van der Waals surface area contributed by atoms with Gasteiger partial charge in [0.15, 0.2) is 0 Å². The number of hydrogen-bond donors (Lipinski definition) is 0. The number of amides is 3. The summed E-state index contributed by atoms with van der Waals surface area (Å²) in [5.74, 6) is -0.0855. The minimum Gasteiger partial charge on any atom is -0.497 e. The summed E-state index contributed by atoms with van der Waals surface area (Å²) < 4.78 is 7.08. The van der Waals surface area contributed by atoms with Crippen LogP contribution in [0.2, 0.25) is 0 Å². The number of ether oxygens (including phenoxy) is 1. The third-order valence-corrected chi connectivity index (χ3v) is 6.31. The molecule has 0 radical (unpaired) electrons. The fourth-order valence-corrected chi connectivity index (χ4v) is 4.41. The van der Waals surface area contributed by atoms with Crippen LogP contribution >= 0.6 is 0 Å². The third-order valence-electron chi connectivity index (χ3n) is 6.31. The van der Waals surface area contributed by atoms with E-state index in [0.717, 1.165) is 5.56 Å². The summed E-state index contributed by atoms with van der Waals surface area (Å²) >= 11 is 0. The van der Waals surface area contributed by atoms with Crippen molar-refractivity contribution in [2.24, 2.45) is 0 Å². The Kier molecular flexibility index (Phi) is 6.77. The molecule has 0 spiro atoms. The second kappa shape index (κ2) is 9.91.